The molecule has 3 amide bonds. The number of halogens is 6. The van der Waals surface area contributed by atoms with Crippen molar-refractivity contribution in [2.24, 2.45) is 17.5 Å². The molecular formula is C97H135Br4Cl2N17O19. The Balaban J connectivity index is 0.000000300. The van der Waals surface area contributed by atoms with Gasteiger partial charge in [-0.25, -0.2) is 59.3 Å². The van der Waals surface area contributed by atoms with Crippen LogP contribution in [0.1, 0.15) is 161 Å². The van der Waals surface area contributed by atoms with Crippen molar-refractivity contribution in [3.63, 3.8) is 0 Å². The van der Waals surface area contributed by atoms with Gasteiger partial charge in [-0.3, -0.25) is 40.9 Å². The van der Waals surface area contributed by atoms with Gasteiger partial charge in [0.25, 0.3) is 0 Å². The molecule has 42 heteroatoms. The summed E-state index contributed by atoms with van der Waals surface area (Å²) in [5, 5.41) is 26.5. The molecule has 0 spiro atoms. The Kier molecular flexibility index (Phi) is 47.9. The Bertz CT molecular complexity index is 5540. The van der Waals surface area contributed by atoms with Gasteiger partial charge in [0.15, 0.2) is 17.6 Å². The van der Waals surface area contributed by atoms with Crippen molar-refractivity contribution < 1.29 is 92.0 Å². The largest absolute Gasteiger partial charge is 0.519 e. The lowest BCUT2D eigenvalue weighted by molar-refractivity contribution is -0.151. The van der Waals surface area contributed by atoms with E-state index >= 15 is 0 Å². The van der Waals surface area contributed by atoms with Gasteiger partial charge in [0.05, 0.1) is 22.1 Å². The first kappa shape index (κ1) is 120. The molecule has 0 bridgehead atoms. The molecule has 4 aromatic carbocycles. The number of piperazine rings is 4. The number of rotatable bonds is 11. The second-order valence-electron chi connectivity index (χ2n) is 37.4. The average molecular weight is 2230 g/mol. The molecule has 6 aliphatic rings. The maximum atomic E-state index is 12.6. The quantitative estimate of drug-likeness (QED) is 0.0149. The summed E-state index contributed by atoms with van der Waals surface area (Å²) in [7, 11) is 1.00. The zero-order valence-electron chi connectivity index (χ0n) is 83.0. The lowest BCUT2D eigenvalue weighted by Crippen LogP contribution is -2.49. The summed E-state index contributed by atoms with van der Waals surface area (Å²) < 4.78 is 38.3. The minimum absolute atomic E-state index is 0. The fourth-order valence-corrected chi connectivity index (χ4v) is 16.0. The van der Waals surface area contributed by atoms with Crippen molar-refractivity contribution in [3.05, 3.63) is 170 Å². The number of nitrogens with two attached hydrogens (primary N) is 3. The molecule has 764 valence electrons. The molecule has 36 nitrogen and oxygen atoms in total. The fraction of sp³-hybridized carbons (Fsp3) is 0.495. The second kappa shape index (κ2) is 55.4. The highest BCUT2D eigenvalue weighted by Crippen LogP contribution is 2.33. The summed E-state index contributed by atoms with van der Waals surface area (Å²) in [4.78, 5) is 138. The normalized spacial score (nSPS) is 15.7. The molecule has 0 saturated carbocycles. The van der Waals surface area contributed by atoms with E-state index in [0.29, 0.717) is 103 Å². The van der Waals surface area contributed by atoms with Crippen LogP contribution >= 0.6 is 86.9 Å². The highest BCUT2D eigenvalue weighted by molar-refractivity contribution is 9.11. The molecule has 139 heavy (non-hydrogen) atoms. The van der Waals surface area contributed by atoms with Gasteiger partial charge in [-0.15, -0.1) is 0 Å². The Morgan fingerprint density at radius 3 is 0.950 bits per heavy atom. The number of carbonyl (C=O) groups excluding carboxylic acids is 9. The molecule has 1 aliphatic carbocycles. The number of hydrogen-bond acceptors (Lipinski definition) is 32. The van der Waals surface area contributed by atoms with E-state index in [2.05, 4.69) is 165 Å². The molecule has 0 unspecified atom stereocenters. The number of ketones is 2. The predicted molar refractivity (Wildman–Crippen MR) is 555 cm³/mol. The second-order valence-corrected chi connectivity index (χ2v) is 41.9. The number of aromatic nitrogens is 4. The SMILES string of the molecule is CC(C)(C)OC(=O)N1CCN(Cc2cc(Cl)nc3cc(Br)ccc23)CC1.CC(C)(C)OC(=O)N1CCN(Cc2cc(NN)nc3cc(Br)ccc23)CC1.CC(C)(C)OC(=O)OC(=O)OC(C)(C)C.CC1=C(C)C(=O)C(Nc2cc(CN3CCN(C(=O)OC(C)(C)C)CC3)c3ccc(Br)cc3n2)C1=O.CC1=C(C)C(=O)OC1=O.CCO.CO.Clc1cc(CN2CCNCC2)c2ccc(Br)cc2n1.NN.O. The molecule has 9 heterocycles. The molecule has 4 fully saturated rings. The minimum atomic E-state index is -1.06. The number of carbonyl (C=O) groups is 9. The van der Waals surface area contributed by atoms with Gasteiger partial charge in [-0.05, 0) is 234 Å². The third kappa shape index (κ3) is 39.8. The standard InChI is InChI=1S/C26H31BrN4O4.C19H23BrClN3O2.C19H26BrN5O2.C14H15BrClN3.C10H18O5.C6H6O3.C2H6O.CH4O.H4N2.H2O/c1-15-16(2)24(33)22(23(15)32)29-21-12-17(19-7-6-18(27)13-20(19)28-21)14-30-8-10-31(11-9-30)25(34)35-26(3,4)5;1-19(2,3)26-18(25)24-8-6-23(7-9-24)12-13-10-17(21)22-16-11-14(20)4-5-15(13)16;1-19(2,3)27-18(26)25-8-6-24(7-9-25)12-13-10-17(23-21)22-16-11-14(20)4-5-15(13)16;15-11-1-2-12-10(7-14(16)18-13(12)8-11)9-19-5-3-17-4-6-19;1-9(2,3)14-7(11)13-8(12)15-10(4,5)6;1-3-4(2)6(8)9-5(3)7;1-2-3;2*1-2;/h6-7,12-13,22H,8-11,14H2,1-5H3,(H,28,29);4-5,10-11H,6-9,12H2,1-3H3;4-5,10-11H,6-9,12,21H2,1-3H3,(H,22,23);1-2,7-8,17H,3-6,9H2;1-6H3;1-2H3;3H,2H2,1H3;2H,1H3;1-2H2;1H2. The number of esters is 2. The highest BCUT2D eigenvalue weighted by Gasteiger charge is 2.38. The summed E-state index contributed by atoms with van der Waals surface area (Å²) in [6.07, 6.45) is -2.88. The predicted octanol–water partition coefficient (Wildman–Crippen LogP) is 16.3. The van der Waals surface area contributed by atoms with Crippen molar-refractivity contribution in [1.29, 1.82) is 0 Å². The number of benzene rings is 4. The van der Waals surface area contributed by atoms with E-state index in [1.165, 1.54) is 10.9 Å². The molecular weight excluding hydrogens is 2100 g/mol. The molecule has 8 aromatic rings. The number of Topliss-reactive ketones (excluding diaryl/α,β-unsaturated/α-hetero) is 2. The van der Waals surface area contributed by atoms with E-state index in [4.69, 9.17) is 62.9 Å². The number of hydrazine groups is 2. The zero-order valence-corrected chi connectivity index (χ0v) is 90.9. The third-order valence-electron chi connectivity index (χ3n) is 20.8. The van der Waals surface area contributed by atoms with E-state index in [0.717, 1.165) is 152 Å². The number of aliphatic hydroxyl groups is 2. The monoisotopic (exact) mass is 2230 g/mol. The fourth-order valence-electron chi connectivity index (χ4n) is 14.1. The number of cyclic esters (lactones) is 2. The van der Waals surface area contributed by atoms with Gasteiger partial charge < -0.3 is 79.6 Å². The number of nitrogens with one attached hydrogen (secondary N) is 3. The molecule has 4 saturated heterocycles. The first-order valence-corrected chi connectivity index (χ1v) is 48.7. The number of nitrogens with zero attached hydrogens (tertiary/aromatic N) is 11. The average Bonchev–Trinajstić information content (AvgIpc) is 1.41. The van der Waals surface area contributed by atoms with Crippen molar-refractivity contribution >= 4 is 196 Å². The molecule has 4 aromatic heterocycles. The van der Waals surface area contributed by atoms with Gasteiger partial charge >= 0.3 is 42.5 Å². The number of aliphatic hydroxyl groups excluding tert-OH is 2. The molecule has 14 rings (SSSR count). The van der Waals surface area contributed by atoms with Gasteiger partial charge in [0.1, 0.15) is 49.9 Å². The molecule has 0 radical (unpaired) electrons. The Morgan fingerprint density at radius 1 is 0.424 bits per heavy atom. The summed E-state index contributed by atoms with van der Waals surface area (Å²) in [5.74, 6) is 13.3. The van der Waals surface area contributed by atoms with Gasteiger partial charge in [-0.1, -0.05) is 111 Å². The maximum absolute atomic E-state index is 12.6. The van der Waals surface area contributed by atoms with Gasteiger partial charge in [-0.2, -0.15) is 0 Å². The summed E-state index contributed by atoms with van der Waals surface area (Å²) in [6.45, 7) is 51.2. The Morgan fingerprint density at radius 2 is 0.683 bits per heavy atom. The minimum Gasteiger partial charge on any atom is -0.444 e. The van der Waals surface area contributed by atoms with Crippen LogP contribution in [0.4, 0.5) is 35.6 Å². The molecule has 13 N–H and O–H groups in total. The van der Waals surface area contributed by atoms with Crippen LogP contribution in [0.5, 0.6) is 0 Å². The van der Waals surface area contributed by atoms with Crippen LogP contribution in [-0.2, 0) is 78.5 Å². The maximum Gasteiger partial charge on any atom is 0.519 e. The number of nitrogen functional groups attached to an aromatic ring is 1. The van der Waals surface area contributed by atoms with Gasteiger partial charge in [0.2, 0.25) is 0 Å². The third-order valence-corrected chi connectivity index (χ3v) is 23.2. The van der Waals surface area contributed by atoms with Crippen LogP contribution in [-0.4, -0.2) is 276 Å². The van der Waals surface area contributed by atoms with Crippen molar-refractivity contribution in [2.45, 2.75) is 199 Å². The number of ether oxygens (including phenoxy) is 7. The summed E-state index contributed by atoms with van der Waals surface area (Å²) in [6, 6.07) is 31.1. The van der Waals surface area contributed by atoms with E-state index in [-0.39, 0.29) is 41.9 Å². The lowest BCUT2D eigenvalue weighted by Gasteiger charge is -2.35. The zero-order chi connectivity index (χ0) is 103. The number of anilines is 2. The van der Waals surface area contributed by atoms with Crippen LogP contribution in [0.3, 0.4) is 0 Å². The van der Waals surface area contributed by atoms with Crippen LogP contribution < -0.4 is 33.6 Å². The molecule has 0 atom stereocenters. The number of pyridine rings is 4. The van der Waals surface area contributed by atoms with Crippen LogP contribution in [0.15, 0.2) is 137 Å². The van der Waals surface area contributed by atoms with E-state index in [1.807, 2.05) is 135 Å². The Hall–Kier alpha value is -9.31. The van der Waals surface area contributed by atoms with Crippen LogP contribution in [0, 0.1) is 0 Å². The van der Waals surface area contributed by atoms with Crippen LogP contribution in [0.2, 0.25) is 10.3 Å². The number of amides is 3. The van der Waals surface area contributed by atoms with Gasteiger partial charge in [0, 0.05) is 206 Å². The summed E-state index contributed by atoms with van der Waals surface area (Å²) >= 11 is 26.3. The highest BCUT2D eigenvalue weighted by atomic mass is 79.9. The Labute approximate surface area is 856 Å². The topological polar surface area (TPSA) is 479 Å². The van der Waals surface area contributed by atoms with E-state index < -0.39 is 58.3 Å². The van der Waals surface area contributed by atoms with E-state index in [9.17, 15) is 43.2 Å². The van der Waals surface area contributed by atoms with Crippen molar-refractivity contribution in [3.8, 4) is 0 Å². The molecule has 5 aliphatic heterocycles. The number of fused-ring (bicyclic) bond motifs is 4. The van der Waals surface area contributed by atoms with Crippen molar-refractivity contribution in [2.75, 3.05) is 129 Å². The summed E-state index contributed by atoms with van der Waals surface area (Å²) in [5.41, 5.74) is 9.73. The van der Waals surface area contributed by atoms with Crippen molar-refractivity contribution in [1.82, 2.24) is 59.6 Å². The first-order valence-electron chi connectivity index (χ1n) is 44.8. The van der Waals surface area contributed by atoms with Crippen LogP contribution in [0.25, 0.3) is 43.6 Å². The number of hydrogen-bond donors (Lipinski definition) is 8. The smallest absolute Gasteiger partial charge is 0.444 e. The first-order chi connectivity index (χ1) is 64.6. The van der Waals surface area contributed by atoms with E-state index in [1.54, 1.807) is 90.9 Å². The lowest BCUT2D eigenvalue weighted by atomic mass is 10.1.